The normalized spacial score (nSPS) is 11.3. The van der Waals surface area contributed by atoms with Gasteiger partial charge in [0, 0.05) is 11.3 Å². The fourth-order valence-corrected chi connectivity index (χ4v) is 2.97. The summed E-state index contributed by atoms with van der Waals surface area (Å²) in [6, 6.07) is 22.1. The van der Waals surface area contributed by atoms with Gasteiger partial charge in [0.1, 0.15) is 17.0 Å². The van der Waals surface area contributed by atoms with E-state index in [0.29, 0.717) is 28.4 Å². The first-order valence-corrected chi connectivity index (χ1v) is 9.55. The molecule has 0 unspecified atom stereocenters. The van der Waals surface area contributed by atoms with Crippen LogP contribution in [0.3, 0.4) is 0 Å². The lowest BCUT2D eigenvalue weighted by atomic mass is 10.1. The van der Waals surface area contributed by atoms with E-state index in [4.69, 9.17) is 13.9 Å². The molecule has 0 saturated carbocycles. The van der Waals surface area contributed by atoms with Crippen LogP contribution < -0.4 is 14.8 Å². The molecule has 4 rings (SSSR count). The number of hydrogen-bond donors (Lipinski definition) is 1. The molecule has 30 heavy (non-hydrogen) atoms. The highest BCUT2D eigenvalue weighted by atomic mass is 16.5. The van der Waals surface area contributed by atoms with Crippen LogP contribution in [0.2, 0.25) is 0 Å². The van der Waals surface area contributed by atoms with Gasteiger partial charge in [0.15, 0.2) is 11.2 Å². The third-order valence-electron chi connectivity index (χ3n) is 4.65. The Labute approximate surface area is 174 Å². The van der Waals surface area contributed by atoms with E-state index in [9.17, 15) is 4.79 Å². The molecule has 0 bridgehead atoms. The summed E-state index contributed by atoms with van der Waals surface area (Å²) in [4.78, 5) is 17.3. The minimum Gasteiger partial charge on any atom is -0.497 e. The van der Waals surface area contributed by atoms with Crippen LogP contribution in [0.4, 0.5) is 5.69 Å². The van der Waals surface area contributed by atoms with Gasteiger partial charge in [0.05, 0.1) is 7.11 Å². The number of aromatic nitrogens is 1. The summed E-state index contributed by atoms with van der Waals surface area (Å²) in [7, 11) is 1.62. The van der Waals surface area contributed by atoms with E-state index in [-0.39, 0.29) is 5.91 Å². The summed E-state index contributed by atoms with van der Waals surface area (Å²) in [5.41, 5.74) is 1.70. The topological polar surface area (TPSA) is 73.6 Å². The van der Waals surface area contributed by atoms with E-state index in [1.807, 2.05) is 54.6 Å². The molecule has 0 saturated heterocycles. The van der Waals surface area contributed by atoms with Gasteiger partial charge in [-0.2, -0.15) is 0 Å². The molecular formula is C24H22N2O4. The second-order valence-corrected chi connectivity index (χ2v) is 7.31. The molecule has 6 heteroatoms. The number of oxazole rings is 1. The number of para-hydroxylation sites is 1. The van der Waals surface area contributed by atoms with Crippen molar-refractivity contribution in [1.29, 1.82) is 0 Å². The highest BCUT2D eigenvalue weighted by molar-refractivity contribution is 5.98. The van der Waals surface area contributed by atoms with E-state index >= 15 is 0 Å². The van der Waals surface area contributed by atoms with Crippen LogP contribution in [0, 0.1) is 0 Å². The minimum atomic E-state index is -1.05. The highest BCUT2D eigenvalue weighted by Crippen LogP contribution is 2.28. The highest BCUT2D eigenvalue weighted by Gasteiger charge is 2.30. The molecule has 0 atom stereocenters. The second-order valence-electron chi connectivity index (χ2n) is 7.31. The van der Waals surface area contributed by atoms with Crippen LogP contribution in [0.15, 0.2) is 77.2 Å². The SMILES string of the molecule is COc1ccc(-c2nc3cc(NC(=O)C(C)(C)Oc4ccccc4)ccc3o2)cc1. The Bertz CT molecular complexity index is 1170. The number of nitrogens with one attached hydrogen (secondary N) is 1. The van der Waals surface area contributed by atoms with E-state index in [0.717, 1.165) is 11.3 Å². The number of amides is 1. The Balaban J connectivity index is 1.52. The van der Waals surface area contributed by atoms with Crippen molar-refractivity contribution in [3.8, 4) is 23.0 Å². The number of methoxy groups -OCH3 is 1. The van der Waals surface area contributed by atoms with Gasteiger partial charge in [-0.15, -0.1) is 0 Å². The zero-order valence-electron chi connectivity index (χ0n) is 17.0. The van der Waals surface area contributed by atoms with Gasteiger partial charge in [-0.05, 0) is 68.4 Å². The summed E-state index contributed by atoms with van der Waals surface area (Å²) in [6.45, 7) is 3.46. The molecular weight excluding hydrogens is 380 g/mol. The van der Waals surface area contributed by atoms with Crippen LogP contribution in [-0.4, -0.2) is 23.6 Å². The molecule has 152 valence electrons. The summed E-state index contributed by atoms with van der Waals surface area (Å²) in [5.74, 6) is 1.64. The summed E-state index contributed by atoms with van der Waals surface area (Å²) in [5, 5.41) is 2.90. The van der Waals surface area contributed by atoms with Gasteiger partial charge in [0.25, 0.3) is 5.91 Å². The van der Waals surface area contributed by atoms with Crippen molar-refractivity contribution in [1.82, 2.24) is 4.98 Å². The molecule has 1 amide bonds. The standard InChI is InChI=1S/C24H22N2O4/c1-24(2,30-19-7-5-4-6-8-19)23(27)25-17-11-14-21-20(15-17)26-22(29-21)16-9-12-18(28-3)13-10-16/h4-15H,1-3H3,(H,25,27). The Morgan fingerprint density at radius 1 is 0.967 bits per heavy atom. The molecule has 1 N–H and O–H groups in total. The molecule has 4 aromatic rings. The van der Waals surface area contributed by atoms with Crippen molar-refractivity contribution in [2.75, 3.05) is 12.4 Å². The van der Waals surface area contributed by atoms with Gasteiger partial charge in [-0.1, -0.05) is 18.2 Å². The van der Waals surface area contributed by atoms with Crippen molar-refractivity contribution in [2.45, 2.75) is 19.4 Å². The fraction of sp³-hybridized carbons (Fsp3) is 0.167. The van der Waals surface area contributed by atoms with E-state index < -0.39 is 5.60 Å². The number of nitrogens with zero attached hydrogens (tertiary/aromatic N) is 1. The Morgan fingerprint density at radius 3 is 2.40 bits per heavy atom. The predicted molar refractivity (Wildman–Crippen MR) is 116 cm³/mol. The Hall–Kier alpha value is -3.80. The largest absolute Gasteiger partial charge is 0.497 e. The smallest absolute Gasteiger partial charge is 0.267 e. The monoisotopic (exact) mass is 402 g/mol. The fourth-order valence-electron chi connectivity index (χ4n) is 2.97. The Morgan fingerprint density at radius 2 is 1.70 bits per heavy atom. The predicted octanol–water partition coefficient (Wildman–Crippen LogP) is 5.30. The number of carbonyl (C=O) groups excluding carboxylic acids is 1. The first-order chi connectivity index (χ1) is 14.4. The number of hydrogen-bond acceptors (Lipinski definition) is 5. The van der Waals surface area contributed by atoms with Crippen molar-refractivity contribution >= 4 is 22.7 Å². The average molecular weight is 402 g/mol. The van der Waals surface area contributed by atoms with Crippen LogP contribution in [0.25, 0.3) is 22.6 Å². The third-order valence-corrected chi connectivity index (χ3v) is 4.65. The lowest BCUT2D eigenvalue weighted by Gasteiger charge is -2.25. The number of anilines is 1. The van der Waals surface area contributed by atoms with Gasteiger partial charge in [-0.25, -0.2) is 4.98 Å². The van der Waals surface area contributed by atoms with Crippen LogP contribution in [-0.2, 0) is 4.79 Å². The van der Waals surface area contributed by atoms with E-state index in [1.165, 1.54) is 0 Å². The van der Waals surface area contributed by atoms with E-state index in [2.05, 4.69) is 10.3 Å². The summed E-state index contributed by atoms with van der Waals surface area (Å²) >= 11 is 0. The minimum absolute atomic E-state index is 0.260. The van der Waals surface area contributed by atoms with Crippen LogP contribution in [0.1, 0.15) is 13.8 Å². The van der Waals surface area contributed by atoms with Crippen molar-refractivity contribution < 1.29 is 18.7 Å². The average Bonchev–Trinajstić information content (AvgIpc) is 3.17. The van der Waals surface area contributed by atoms with Crippen molar-refractivity contribution in [2.24, 2.45) is 0 Å². The van der Waals surface area contributed by atoms with Crippen LogP contribution in [0.5, 0.6) is 11.5 Å². The molecule has 0 aliphatic heterocycles. The number of ether oxygens (including phenoxy) is 2. The molecule has 6 nitrogen and oxygen atoms in total. The maximum Gasteiger partial charge on any atom is 0.267 e. The second kappa shape index (κ2) is 7.91. The number of carbonyl (C=O) groups is 1. The van der Waals surface area contributed by atoms with Gasteiger partial charge < -0.3 is 19.2 Å². The van der Waals surface area contributed by atoms with E-state index in [1.54, 1.807) is 39.2 Å². The lowest BCUT2D eigenvalue weighted by molar-refractivity contribution is -0.128. The molecule has 0 radical (unpaired) electrons. The van der Waals surface area contributed by atoms with Gasteiger partial charge in [0.2, 0.25) is 5.89 Å². The number of benzene rings is 3. The molecule has 0 fully saturated rings. The maximum atomic E-state index is 12.8. The molecule has 0 aliphatic rings. The summed E-state index contributed by atoms with van der Waals surface area (Å²) in [6.07, 6.45) is 0. The number of rotatable bonds is 6. The zero-order valence-corrected chi connectivity index (χ0v) is 17.0. The van der Waals surface area contributed by atoms with Crippen LogP contribution >= 0.6 is 0 Å². The first-order valence-electron chi connectivity index (χ1n) is 9.55. The molecule has 3 aromatic carbocycles. The number of fused-ring (bicyclic) bond motifs is 1. The molecule has 1 heterocycles. The maximum absolute atomic E-state index is 12.8. The first kappa shape index (κ1) is 19.5. The van der Waals surface area contributed by atoms with Crippen molar-refractivity contribution in [3.63, 3.8) is 0 Å². The third kappa shape index (κ3) is 4.12. The van der Waals surface area contributed by atoms with Crippen molar-refractivity contribution in [3.05, 3.63) is 72.8 Å². The zero-order chi connectivity index (χ0) is 21.1. The molecule has 1 aromatic heterocycles. The van der Waals surface area contributed by atoms with Gasteiger partial charge >= 0.3 is 0 Å². The quantitative estimate of drug-likeness (QED) is 0.474. The lowest BCUT2D eigenvalue weighted by Crippen LogP contribution is -2.42. The summed E-state index contributed by atoms with van der Waals surface area (Å²) < 4.78 is 16.9. The molecule has 0 spiro atoms. The van der Waals surface area contributed by atoms with Gasteiger partial charge in [-0.3, -0.25) is 4.79 Å². The molecule has 0 aliphatic carbocycles. The Kier molecular flexibility index (Phi) is 5.14.